The molecule has 4 rings (SSSR count). The molecule has 3 heterocycles. The largest absolute Gasteiger partial charge is 0.341 e. The number of likely N-dealkylation sites (tertiary alicyclic amines) is 1. The first-order chi connectivity index (χ1) is 12.2. The van der Waals surface area contributed by atoms with Gasteiger partial charge in [-0.15, -0.1) is 11.3 Å². The van der Waals surface area contributed by atoms with E-state index in [9.17, 15) is 9.18 Å². The van der Waals surface area contributed by atoms with Crippen LogP contribution in [0.5, 0.6) is 0 Å². The lowest BCUT2D eigenvalue weighted by Gasteiger charge is -2.21. The normalized spacial score (nSPS) is 15.5. The van der Waals surface area contributed by atoms with Crippen LogP contribution in [0.2, 0.25) is 0 Å². The van der Waals surface area contributed by atoms with E-state index in [1.165, 1.54) is 18.9 Å². The molecule has 130 valence electrons. The van der Waals surface area contributed by atoms with Crippen molar-refractivity contribution in [1.29, 1.82) is 0 Å². The third-order valence-electron chi connectivity index (χ3n) is 4.89. The van der Waals surface area contributed by atoms with E-state index >= 15 is 0 Å². The molecule has 1 aliphatic rings. The number of benzene rings is 1. The van der Waals surface area contributed by atoms with Crippen molar-refractivity contribution in [3.8, 4) is 10.6 Å². The molecule has 3 nitrogen and oxygen atoms in total. The van der Waals surface area contributed by atoms with Crippen LogP contribution in [0.3, 0.4) is 0 Å². The van der Waals surface area contributed by atoms with Crippen LogP contribution in [0, 0.1) is 5.82 Å². The lowest BCUT2D eigenvalue weighted by Crippen LogP contribution is -2.34. The molecule has 1 saturated heterocycles. The molecule has 3 aromatic rings. The monoisotopic (exact) mass is 356 g/mol. The van der Waals surface area contributed by atoms with E-state index in [-0.39, 0.29) is 11.7 Å². The van der Waals surface area contributed by atoms with E-state index in [0.29, 0.717) is 6.54 Å². The third-order valence-corrected chi connectivity index (χ3v) is 5.78. The van der Waals surface area contributed by atoms with E-state index < -0.39 is 0 Å². The van der Waals surface area contributed by atoms with Crippen LogP contribution >= 0.6 is 11.3 Å². The van der Waals surface area contributed by atoms with Gasteiger partial charge in [0.1, 0.15) is 12.4 Å². The zero-order valence-corrected chi connectivity index (χ0v) is 14.9. The molecule has 1 aromatic carbocycles. The molecule has 0 bridgehead atoms. The molecule has 0 spiro atoms. The molecule has 25 heavy (non-hydrogen) atoms. The summed E-state index contributed by atoms with van der Waals surface area (Å²) in [6.07, 6.45) is 4.58. The fourth-order valence-corrected chi connectivity index (χ4v) is 4.35. The van der Waals surface area contributed by atoms with Gasteiger partial charge >= 0.3 is 0 Å². The van der Waals surface area contributed by atoms with Gasteiger partial charge < -0.3 is 9.47 Å². The Hall–Kier alpha value is -2.14. The highest BCUT2D eigenvalue weighted by molar-refractivity contribution is 7.13. The number of carbonyl (C=O) groups excluding carboxylic acids is 1. The lowest BCUT2D eigenvalue weighted by molar-refractivity contribution is -0.131. The van der Waals surface area contributed by atoms with Crippen molar-refractivity contribution in [2.45, 2.75) is 32.2 Å². The van der Waals surface area contributed by atoms with Gasteiger partial charge in [-0.2, -0.15) is 0 Å². The lowest BCUT2D eigenvalue weighted by atomic mass is 10.2. The highest BCUT2D eigenvalue weighted by atomic mass is 32.1. The van der Waals surface area contributed by atoms with Gasteiger partial charge in [0.2, 0.25) is 5.91 Å². The van der Waals surface area contributed by atoms with E-state index in [2.05, 4.69) is 0 Å². The van der Waals surface area contributed by atoms with Gasteiger partial charge in [0.15, 0.2) is 0 Å². The second-order valence-corrected chi connectivity index (χ2v) is 7.54. The zero-order chi connectivity index (χ0) is 17.2. The van der Waals surface area contributed by atoms with E-state index in [1.807, 2.05) is 33.0 Å². The Bertz CT molecular complexity index is 877. The molecule has 1 aliphatic heterocycles. The molecule has 0 saturated carbocycles. The van der Waals surface area contributed by atoms with Crippen molar-refractivity contribution in [2.24, 2.45) is 0 Å². The van der Waals surface area contributed by atoms with Crippen LogP contribution in [0.25, 0.3) is 21.5 Å². The molecular weight excluding hydrogens is 335 g/mol. The van der Waals surface area contributed by atoms with Crippen molar-refractivity contribution in [3.05, 3.63) is 47.6 Å². The summed E-state index contributed by atoms with van der Waals surface area (Å²) in [4.78, 5) is 16.0. The standard InChI is InChI=1S/C20H21FN2OS/c21-16-7-8-17-15(12-16)13-18(19-6-5-11-25-19)23(17)14-20(24)22-9-3-1-2-4-10-22/h5-8,11-13H,1-4,9-10,14H2. The minimum atomic E-state index is -0.249. The van der Waals surface area contributed by atoms with E-state index in [4.69, 9.17) is 0 Å². The van der Waals surface area contributed by atoms with Gasteiger partial charge in [0.05, 0.1) is 10.6 Å². The van der Waals surface area contributed by atoms with Gasteiger partial charge in [-0.3, -0.25) is 4.79 Å². The predicted octanol–water partition coefficient (Wildman–Crippen LogP) is 4.91. The summed E-state index contributed by atoms with van der Waals surface area (Å²) in [5.74, 6) is -0.0947. The summed E-state index contributed by atoms with van der Waals surface area (Å²) < 4.78 is 15.7. The molecule has 0 unspecified atom stereocenters. The number of fused-ring (bicyclic) bond motifs is 1. The number of hydrogen-bond donors (Lipinski definition) is 0. The van der Waals surface area contributed by atoms with Crippen LogP contribution in [-0.2, 0) is 11.3 Å². The van der Waals surface area contributed by atoms with Gasteiger partial charge in [-0.1, -0.05) is 18.9 Å². The van der Waals surface area contributed by atoms with Crippen LogP contribution in [-0.4, -0.2) is 28.5 Å². The van der Waals surface area contributed by atoms with Gasteiger partial charge in [-0.05, 0) is 48.6 Å². The molecular formula is C20H21FN2OS. The number of amides is 1. The number of hydrogen-bond acceptors (Lipinski definition) is 2. The van der Waals surface area contributed by atoms with Gasteiger partial charge in [0.25, 0.3) is 0 Å². The Morgan fingerprint density at radius 1 is 1.08 bits per heavy atom. The van der Waals surface area contributed by atoms with E-state index in [0.717, 1.165) is 47.4 Å². The highest BCUT2D eigenvalue weighted by Gasteiger charge is 2.19. The van der Waals surface area contributed by atoms with Gasteiger partial charge in [0, 0.05) is 24.0 Å². The summed E-state index contributed by atoms with van der Waals surface area (Å²) in [6.45, 7) is 2.00. The Labute approximate surface area is 150 Å². The first kappa shape index (κ1) is 16.3. The Morgan fingerprint density at radius 2 is 1.88 bits per heavy atom. The fourth-order valence-electron chi connectivity index (χ4n) is 3.60. The maximum Gasteiger partial charge on any atom is 0.242 e. The minimum absolute atomic E-state index is 0.154. The number of halogens is 1. The van der Waals surface area contributed by atoms with Crippen LogP contribution < -0.4 is 0 Å². The Kier molecular flexibility index (Phi) is 4.57. The summed E-state index contributed by atoms with van der Waals surface area (Å²) >= 11 is 1.64. The number of nitrogens with zero attached hydrogens (tertiary/aromatic N) is 2. The molecule has 1 amide bonds. The topological polar surface area (TPSA) is 25.2 Å². The molecule has 1 fully saturated rings. The Balaban J connectivity index is 1.72. The van der Waals surface area contributed by atoms with Crippen LogP contribution in [0.15, 0.2) is 41.8 Å². The summed E-state index contributed by atoms with van der Waals surface area (Å²) in [5.41, 5.74) is 1.90. The molecule has 0 N–H and O–H groups in total. The average molecular weight is 356 g/mol. The third kappa shape index (κ3) is 3.33. The summed E-state index contributed by atoms with van der Waals surface area (Å²) in [6, 6.07) is 10.8. The number of aromatic nitrogens is 1. The van der Waals surface area contributed by atoms with Crippen LogP contribution in [0.4, 0.5) is 4.39 Å². The second-order valence-electron chi connectivity index (χ2n) is 6.59. The van der Waals surface area contributed by atoms with Gasteiger partial charge in [-0.25, -0.2) is 4.39 Å². The SMILES string of the molecule is O=C(Cn1c(-c2cccs2)cc2cc(F)ccc21)N1CCCCCC1. The zero-order valence-electron chi connectivity index (χ0n) is 14.1. The van der Waals surface area contributed by atoms with Crippen molar-refractivity contribution in [1.82, 2.24) is 9.47 Å². The molecule has 2 aromatic heterocycles. The molecule has 0 aliphatic carbocycles. The number of rotatable bonds is 3. The smallest absolute Gasteiger partial charge is 0.242 e. The van der Waals surface area contributed by atoms with Crippen molar-refractivity contribution in [3.63, 3.8) is 0 Å². The first-order valence-electron chi connectivity index (χ1n) is 8.83. The average Bonchev–Trinajstić information content (AvgIpc) is 3.15. The second kappa shape index (κ2) is 7.00. The predicted molar refractivity (Wildman–Crippen MR) is 100 cm³/mol. The number of carbonyl (C=O) groups is 1. The Morgan fingerprint density at radius 3 is 2.60 bits per heavy atom. The highest BCUT2D eigenvalue weighted by Crippen LogP contribution is 2.31. The maximum atomic E-state index is 13.6. The fraction of sp³-hybridized carbons (Fsp3) is 0.350. The molecule has 0 atom stereocenters. The van der Waals surface area contributed by atoms with E-state index in [1.54, 1.807) is 23.5 Å². The maximum absolute atomic E-state index is 13.6. The summed E-state index contributed by atoms with van der Waals surface area (Å²) in [5, 5.41) is 2.86. The summed E-state index contributed by atoms with van der Waals surface area (Å²) in [7, 11) is 0. The van der Waals surface area contributed by atoms with Crippen molar-refractivity contribution < 1.29 is 9.18 Å². The molecule has 0 radical (unpaired) electrons. The number of thiophene rings is 1. The van der Waals surface area contributed by atoms with Crippen LogP contribution in [0.1, 0.15) is 25.7 Å². The van der Waals surface area contributed by atoms with Crippen molar-refractivity contribution in [2.75, 3.05) is 13.1 Å². The first-order valence-corrected chi connectivity index (χ1v) is 9.71. The molecule has 5 heteroatoms. The van der Waals surface area contributed by atoms with Crippen molar-refractivity contribution >= 4 is 28.1 Å². The quantitative estimate of drug-likeness (QED) is 0.654. The minimum Gasteiger partial charge on any atom is -0.341 e.